The van der Waals surface area contributed by atoms with Gasteiger partial charge in [0.05, 0.1) is 12.7 Å². The molecule has 2 N–H and O–H groups in total. The van der Waals surface area contributed by atoms with E-state index in [1.165, 1.54) is 0 Å². The first kappa shape index (κ1) is 23.9. The summed E-state index contributed by atoms with van der Waals surface area (Å²) in [6.07, 6.45) is 2.43. The Morgan fingerprint density at radius 2 is 1.76 bits per heavy atom. The number of benzene rings is 2. The number of carbonyl (C=O) groups is 1. The molecule has 2 aromatic carbocycles. The van der Waals surface area contributed by atoms with Crippen molar-refractivity contribution in [2.24, 2.45) is 11.7 Å². The number of pyridine rings is 1. The topological polar surface area (TPSA) is 77.7 Å². The number of hydrogen-bond acceptors (Lipinski definition) is 5. The summed E-state index contributed by atoms with van der Waals surface area (Å²) in [5.74, 6) is 1.03. The Morgan fingerprint density at radius 3 is 2.35 bits per heavy atom. The van der Waals surface area contributed by atoms with Crippen molar-refractivity contribution >= 4 is 11.6 Å². The molecule has 178 valence electrons. The van der Waals surface area contributed by atoms with Gasteiger partial charge in [-0.15, -0.1) is 0 Å². The number of amides is 1. The summed E-state index contributed by atoms with van der Waals surface area (Å²) in [6.45, 7) is 4.93. The summed E-state index contributed by atoms with van der Waals surface area (Å²) in [6, 6.07) is 21.6. The van der Waals surface area contributed by atoms with Gasteiger partial charge in [-0.25, -0.2) is 0 Å². The number of anilines is 1. The number of ether oxygens (including phenoxy) is 2. The predicted molar refractivity (Wildman–Crippen MR) is 135 cm³/mol. The minimum Gasteiger partial charge on any atom is -0.494 e. The van der Waals surface area contributed by atoms with Gasteiger partial charge >= 0.3 is 0 Å². The molecule has 1 aromatic heterocycles. The number of nitrogens with zero attached hydrogens (tertiary/aromatic N) is 2. The molecule has 1 fully saturated rings. The van der Waals surface area contributed by atoms with Gasteiger partial charge in [0.25, 0.3) is 0 Å². The fraction of sp³-hybridized carbons (Fsp3) is 0.357. The second kappa shape index (κ2) is 10.8. The van der Waals surface area contributed by atoms with Crippen molar-refractivity contribution < 1.29 is 14.3 Å². The summed E-state index contributed by atoms with van der Waals surface area (Å²) >= 11 is 0. The summed E-state index contributed by atoms with van der Waals surface area (Å²) in [7, 11) is 1.64. The van der Waals surface area contributed by atoms with E-state index in [9.17, 15) is 4.79 Å². The molecule has 34 heavy (non-hydrogen) atoms. The minimum atomic E-state index is -0.299. The van der Waals surface area contributed by atoms with Gasteiger partial charge in [0.1, 0.15) is 5.75 Å². The Bertz CT molecular complexity index is 1070. The number of aromatic nitrogens is 1. The highest BCUT2D eigenvalue weighted by molar-refractivity contribution is 5.97. The van der Waals surface area contributed by atoms with Crippen LogP contribution in [-0.4, -0.2) is 43.3 Å². The highest BCUT2D eigenvalue weighted by atomic mass is 16.5. The summed E-state index contributed by atoms with van der Waals surface area (Å²) in [4.78, 5) is 19.8. The molecule has 3 aromatic rings. The third-order valence-electron chi connectivity index (χ3n) is 6.49. The Kier molecular flexibility index (Phi) is 7.60. The maximum Gasteiger partial charge on any atom is 0.230 e. The third kappa shape index (κ3) is 5.46. The lowest BCUT2D eigenvalue weighted by molar-refractivity contribution is -0.120. The van der Waals surface area contributed by atoms with Crippen LogP contribution in [0.1, 0.15) is 31.9 Å². The van der Waals surface area contributed by atoms with Crippen LogP contribution in [0.2, 0.25) is 0 Å². The van der Waals surface area contributed by atoms with E-state index in [1.54, 1.807) is 13.3 Å². The number of rotatable bonds is 10. The summed E-state index contributed by atoms with van der Waals surface area (Å²) in [5.41, 5.74) is 10.4. The lowest BCUT2D eigenvalue weighted by Crippen LogP contribution is -2.47. The number of methoxy groups -OCH3 is 1. The summed E-state index contributed by atoms with van der Waals surface area (Å²) in [5, 5.41) is 0. The lowest BCUT2D eigenvalue weighted by atomic mass is 10.0. The maximum absolute atomic E-state index is 13.6. The molecule has 1 amide bonds. The van der Waals surface area contributed by atoms with E-state index in [1.807, 2.05) is 85.5 Å². The van der Waals surface area contributed by atoms with Crippen LogP contribution in [0.4, 0.5) is 5.69 Å². The van der Waals surface area contributed by atoms with Crippen LogP contribution in [0.25, 0.3) is 11.1 Å². The van der Waals surface area contributed by atoms with Gasteiger partial charge in [-0.05, 0) is 67.8 Å². The lowest BCUT2D eigenvalue weighted by Gasteiger charge is -2.29. The van der Waals surface area contributed by atoms with Gasteiger partial charge in [0.15, 0.2) is 0 Å². The van der Waals surface area contributed by atoms with Crippen molar-refractivity contribution in [3.63, 3.8) is 0 Å². The van der Waals surface area contributed by atoms with Gasteiger partial charge < -0.3 is 20.1 Å². The highest BCUT2D eigenvalue weighted by Gasteiger charge is 2.47. The van der Waals surface area contributed by atoms with Crippen molar-refractivity contribution in [3.05, 3.63) is 78.6 Å². The predicted octanol–water partition coefficient (Wildman–Crippen LogP) is 4.65. The molecule has 4 rings (SSSR count). The van der Waals surface area contributed by atoms with Crippen LogP contribution < -0.4 is 15.4 Å². The van der Waals surface area contributed by atoms with Crippen LogP contribution >= 0.6 is 0 Å². The highest BCUT2D eigenvalue weighted by Crippen LogP contribution is 2.48. The van der Waals surface area contributed by atoms with Crippen molar-refractivity contribution in [2.45, 2.75) is 38.3 Å². The molecular formula is C28H33N3O3. The van der Waals surface area contributed by atoms with Gasteiger partial charge in [-0.1, -0.05) is 30.3 Å². The van der Waals surface area contributed by atoms with Crippen LogP contribution in [0.15, 0.2) is 72.9 Å². The van der Waals surface area contributed by atoms with Crippen LogP contribution in [0.3, 0.4) is 0 Å². The molecule has 0 unspecified atom stereocenters. The average Bonchev–Trinajstić information content (AvgIpc) is 3.69. The minimum absolute atomic E-state index is 0.0780. The smallest absolute Gasteiger partial charge is 0.230 e. The Labute approximate surface area is 201 Å². The van der Waals surface area contributed by atoms with Crippen LogP contribution in [0, 0.1) is 5.92 Å². The van der Waals surface area contributed by atoms with Gasteiger partial charge in [-0.2, -0.15) is 0 Å². The third-order valence-corrected chi connectivity index (χ3v) is 6.49. The fourth-order valence-corrected chi connectivity index (χ4v) is 4.19. The largest absolute Gasteiger partial charge is 0.494 e. The average molecular weight is 460 g/mol. The van der Waals surface area contributed by atoms with Crippen LogP contribution in [0.5, 0.6) is 5.75 Å². The maximum atomic E-state index is 13.6. The molecule has 1 heterocycles. The monoisotopic (exact) mass is 459 g/mol. The zero-order chi connectivity index (χ0) is 24.1. The van der Waals surface area contributed by atoms with Crippen molar-refractivity contribution in [2.75, 3.05) is 25.2 Å². The molecule has 0 bridgehead atoms. The van der Waals surface area contributed by atoms with E-state index in [2.05, 4.69) is 4.98 Å². The molecule has 0 radical (unpaired) electrons. The number of carbonyl (C=O) groups excluding carboxylic acids is 1. The first-order valence-corrected chi connectivity index (χ1v) is 11.9. The van der Waals surface area contributed by atoms with E-state index in [-0.39, 0.29) is 29.9 Å². The Morgan fingerprint density at radius 1 is 1.09 bits per heavy atom. The van der Waals surface area contributed by atoms with E-state index < -0.39 is 0 Å². The molecule has 1 saturated carbocycles. The molecule has 0 spiro atoms. The first-order valence-electron chi connectivity index (χ1n) is 11.9. The van der Waals surface area contributed by atoms with Gasteiger partial charge in [-0.3, -0.25) is 9.78 Å². The standard InChI is InChI=1S/C28H33N3O3/c1-4-34-23-14-10-21(11-15-23)20-8-12-22(13-9-20)31(18-26(29)19(2)33-3)28(32)25-17-24(25)27-7-5-6-16-30-27/h5-16,19,24-26H,4,17-18,29H2,1-3H3/t19-,24-,25-,26-/m1/s1. The van der Waals surface area contributed by atoms with Crippen molar-refractivity contribution in [1.82, 2.24) is 4.98 Å². The molecule has 1 aliphatic rings. The molecular weight excluding hydrogens is 426 g/mol. The molecule has 1 aliphatic carbocycles. The number of nitrogens with two attached hydrogens (primary N) is 1. The van der Waals surface area contributed by atoms with Crippen molar-refractivity contribution in [1.29, 1.82) is 0 Å². The van der Waals surface area contributed by atoms with Crippen LogP contribution in [-0.2, 0) is 9.53 Å². The van der Waals surface area contributed by atoms with Gasteiger partial charge in [0.2, 0.25) is 5.91 Å². The van der Waals surface area contributed by atoms with Gasteiger partial charge in [0, 0.05) is 49.1 Å². The Balaban J connectivity index is 1.54. The van der Waals surface area contributed by atoms with E-state index in [0.717, 1.165) is 34.7 Å². The molecule has 4 atom stereocenters. The SMILES string of the molecule is CCOc1ccc(-c2ccc(N(C[C@@H](N)[C@@H](C)OC)C(=O)[C@@H]3C[C@H]3c3ccccn3)cc2)cc1. The van der Waals surface area contributed by atoms with E-state index >= 15 is 0 Å². The molecule has 6 heteroatoms. The quantitative estimate of drug-likeness (QED) is 0.478. The molecule has 0 saturated heterocycles. The first-order chi connectivity index (χ1) is 16.5. The zero-order valence-corrected chi connectivity index (χ0v) is 20.1. The Hall–Kier alpha value is -3.22. The molecule has 0 aliphatic heterocycles. The number of hydrogen-bond donors (Lipinski definition) is 1. The van der Waals surface area contributed by atoms with E-state index in [4.69, 9.17) is 15.2 Å². The second-order valence-corrected chi connectivity index (χ2v) is 8.76. The summed E-state index contributed by atoms with van der Waals surface area (Å²) < 4.78 is 11.0. The fourth-order valence-electron chi connectivity index (χ4n) is 4.19. The molecule has 6 nitrogen and oxygen atoms in total. The van der Waals surface area contributed by atoms with E-state index in [0.29, 0.717) is 13.2 Å². The zero-order valence-electron chi connectivity index (χ0n) is 20.1. The normalized spacial score (nSPS) is 18.7. The van der Waals surface area contributed by atoms with Crippen molar-refractivity contribution in [3.8, 4) is 16.9 Å². The second-order valence-electron chi connectivity index (χ2n) is 8.76.